The van der Waals surface area contributed by atoms with Gasteiger partial charge in [0, 0.05) is 46.3 Å². The Hall–Kier alpha value is -4.05. The first-order chi connectivity index (χ1) is 16.1. The van der Waals surface area contributed by atoms with Gasteiger partial charge < -0.3 is 20.4 Å². The van der Waals surface area contributed by atoms with E-state index >= 15 is 0 Å². The molecule has 2 aromatic carbocycles. The number of nitrogens with zero attached hydrogens (tertiary/aromatic N) is 1. The van der Waals surface area contributed by atoms with Crippen molar-refractivity contribution < 1.29 is 27.5 Å². The molecule has 0 unspecified atom stereocenters. The van der Waals surface area contributed by atoms with E-state index in [9.17, 15) is 22.8 Å². The van der Waals surface area contributed by atoms with E-state index in [1.165, 1.54) is 37.7 Å². The standard InChI is InChI=1S/C23H16ClF3N4O3/c1-34-17-7-13(23(25,26)27)6-16(9-17)31-22(33)30-15-4-2-3-12(5-15)20(32)19-11-29-21-18(19)8-14(24)10-28-21/h2-11H,1H3,(H,28,29)(H2,30,31,33). The zero-order valence-electron chi connectivity index (χ0n) is 17.5. The molecule has 11 heteroatoms. The molecule has 0 aliphatic rings. The van der Waals surface area contributed by atoms with Gasteiger partial charge in [-0.05, 0) is 30.3 Å². The van der Waals surface area contributed by atoms with Gasteiger partial charge >= 0.3 is 12.2 Å². The number of aromatic amines is 1. The predicted octanol–water partition coefficient (Wildman–Crippen LogP) is 6.12. The van der Waals surface area contributed by atoms with Gasteiger partial charge in [-0.3, -0.25) is 4.79 Å². The molecule has 3 N–H and O–H groups in total. The van der Waals surface area contributed by atoms with Crippen LogP contribution in [-0.4, -0.2) is 28.9 Å². The smallest absolute Gasteiger partial charge is 0.416 e. The number of methoxy groups -OCH3 is 1. The fraction of sp³-hybridized carbons (Fsp3) is 0.0870. The van der Waals surface area contributed by atoms with Crippen molar-refractivity contribution in [2.45, 2.75) is 6.18 Å². The number of carbonyl (C=O) groups is 2. The fourth-order valence-electron chi connectivity index (χ4n) is 3.31. The minimum absolute atomic E-state index is 0.0639. The summed E-state index contributed by atoms with van der Waals surface area (Å²) in [6.07, 6.45) is -1.64. The lowest BCUT2D eigenvalue weighted by molar-refractivity contribution is -0.137. The summed E-state index contributed by atoms with van der Waals surface area (Å²) in [6, 6.07) is 9.81. The predicted molar refractivity (Wildman–Crippen MR) is 122 cm³/mol. The number of fused-ring (bicyclic) bond motifs is 1. The van der Waals surface area contributed by atoms with E-state index in [4.69, 9.17) is 16.3 Å². The number of halogens is 4. The van der Waals surface area contributed by atoms with Gasteiger partial charge in [-0.25, -0.2) is 9.78 Å². The molecular weight excluding hydrogens is 473 g/mol. The van der Waals surface area contributed by atoms with Gasteiger partial charge in [0.2, 0.25) is 0 Å². The first kappa shape index (κ1) is 23.1. The average molecular weight is 489 g/mol. The van der Waals surface area contributed by atoms with Crippen molar-refractivity contribution >= 4 is 45.8 Å². The molecular formula is C23H16ClF3N4O3. The highest BCUT2D eigenvalue weighted by atomic mass is 35.5. The summed E-state index contributed by atoms with van der Waals surface area (Å²) in [5.74, 6) is -0.395. The lowest BCUT2D eigenvalue weighted by atomic mass is 10.0. The molecule has 174 valence electrons. The molecule has 2 amide bonds. The highest BCUT2D eigenvalue weighted by Gasteiger charge is 2.31. The van der Waals surface area contributed by atoms with E-state index in [-0.39, 0.29) is 28.5 Å². The highest BCUT2D eigenvalue weighted by molar-refractivity contribution is 6.31. The second kappa shape index (κ2) is 9.06. The summed E-state index contributed by atoms with van der Waals surface area (Å²) in [4.78, 5) is 32.5. The molecule has 0 aliphatic carbocycles. The SMILES string of the molecule is COc1cc(NC(=O)Nc2cccc(C(=O)c3c[nH]c4ncc(Cl)cc34)c2)cc(C(F)(F)F)c1. The quantitative estimate of drug-likeness (QED) is 0.295. The molecule has 4 aromatic rings. The number of alkyl halides is 3. The number of ether oxygens (including phenoxy) is 1. The van der Waals surface area contributed by atoms with Crippen molar-refractivity contribution in [3.63, 3.8) is 0 Å². The van der Waals surface area contributed by atoms with Crippen molar-refractivity contribution in [1.82, 2.24) is 9.97 Å². The van der Waals surface area contributed by atoms with Crippen LogP contribution in [-0.2, 0) is 6.18 Å². The molecule has 0 bridgehead atoms. The van der Waals surface area contributed by atoms with Crippen LogP contribution in [0.5, 0.6) is 5.75 Å². The summed E-state index contributed by atoms with van der Waals surface area (Å²) in [5, 5.41) is 5.77. The Morgan fingerprint density at radius 2 is 1.82 bits per heavy atom. The minimum Gasteiger partial charge on any atom is -0.497 e. The van der Waals surface area contributed by atoms with Gasteiger partial charge in [0.05, 0.1) is 17.7 Å². The maximum atomic E-state index is 13.1. The minimum atomic E-state index is -4.61. The van der Waals surface area contributed by atoms with Crippen molar-refractivity contribution in [1.29, 1.82) is 0 Å². The third-order valence-electron chi connectivity index (χ3n) is 4.85. The molecule has 2 heterocycles. The Kier molecular flexibility index (Phi) is 6.16. The number of urea groups is 1. The molecule has 4 rings (SSSR count). The number of ketones is 1. The molecule has 0 aliphatic heterocycles. The van der Waals surface area contributed by atoms with E-state index < -0.39 is 17.8 Å². The van der Waals surface area contributed by atoms with Crippen LogP contribution in [0, 0.1) is 0 Å². The topological polar surface area (TPSA) is 96.1 Å². The normalized spacial score (nSPS) is 11.3. The third-order valence-corrected chi connectivity index (χ3v) is 5.06. The Bertz CT molecular complexity index is 1400. The zero-order valence-corrected chi connectivity index (χ0v) is 18.2. The monoisotopic (exact) mass is 488 g/mol. The van der Waals surface area contributed by atoms with Crippen LogP contribution in [0.1, 0.15) is 21.5 Å². The second-order valence-corrected chi connectivity index (χ2v) is 7.63. The van der Waals surface area contributed by atoms with Gasteiger partial charge in [-0.1, -0.05) is 23.7 Å². The van der Waals surface area contributed by atoms with E-state index in [1.807, 2.05) is 0 Å². The van der Waals surface area contributed by atoms with E-state index in [1.54, 1.807) is 18.2 Å². The summed E-state index contributed by atoms with van der Waals surface area (Å²) in [7, 11) is 1.22. The zero-order chi connectivity index (χ0) is 24.5. The molecule has 0 radical (unpaired) electrons. The van der Waals surface area contributed by atoms with Gasteiger partial charge in [0.1, 0.15) is 11.4 Å². The number of H-pyrrole nitrogens is 1. The molecule has 0 fully saturated rings. The summed E-state index contributed by atoms with van der Waals surface area (Å²) >= 11 is 5.99. The number of anilines is 2. The van der Waals surface area contributed by atoms with Gasteiger partial charge in [-0.15, -0.1) is 0 Å². The van der Waals surface area contributed by atoms with Crippen LogP contribution in [0.3, 0.4) is 0 Å². The molecule has 0 spiro atoms. The number of pyridine rings is 1. The number of rotatable bonds is 5. The number of benzene rings is 2. The number of carbonyl (C=O) groups excluding carboxylic acids is 2. The maximum absolute atomic E-state index is 13.1. The number of hydrogen-bond acceptors (Lipinski definition) is 4. The summed E-state index contributed by atoms with van der Waals surface area (Å²) < 4.78 is 44.2. The molecule has 0 saturated heterocycles. The van der Waals surface area contributed by atoms with Crippen molar-refractivity contribution in [3.05, 3.63) is 82.6 Å². The van der Waals surface area contributed by atoms with E-state index in [0.717, 1.165) is 12.1 Å². The fourth-order valence-corrected chi connectivity index (χ4v) is 3.46. The molecule has 7 nitrogen and oxygen atoms in total. The van der Waals surface area contributed by atoms with Crippen LogP contribution in [0.4, 0.5) is 29.3 Å². The van der Waals surface area contributed by atoms with Gasteiger partial charge in [0.25, 0.3) is 0 Å². The number of amides is 2. The molecule has 0 saturated carbocycles. The summed E-state index contributed by atoms with van der Waals surface area (Å²) in [5.41, 5.74) is 0.306. The number of hydrogen-bond donors (Lipinski definition) is 3. The van der Waals surface area contributed by atoms with Crippen LogP contribution >= 0.6 is 11.6 Å². The first-order valence-electron chi connectivity index (χ1n) is 9.76. The lowest BCUT2D eigenvalue weighted by Gasteiger charge is -2.13. The third kappa shape index (κ3) is 4.96. The maximum Gasteiger partial charge on any atom is 0.416 e. The first-order valence-corrected chi connectivity index (χ1v) is 10.1. The lowest BCUT2D eigenvalue weighted by Crippen LogP contribution is -2.20. The Balaban J connectivity index is 1.53. The number of aromatic nitrogens is 2. The van der Waals surface area contributed by atoms with Crippen molar-refractivity contribution in [2.75, 3.05) is 17.7 Å². The second-order valence-electron chi connectivity index (χ2n) is 7.19. The van der Waals surface area contributed by atoms with Crippen LogP contribution in [0.25, 0.3) is 11.0 Å². The van der Waals surface area contributed by atoms with Crippen molar-refractivity contribution in [2.24, 2.45) is 0 Å². The van der Waals surface area contributed by atoms with E-state index in [0.29, 0.717) is 21.6 Å². The largest absolute Gasteiger partial charge is 0.497 e. The molecule has 34 heavy (non-hydrogen) atoms. The highest BCUT2D eigenvalue weighted by Crippen LogP contribution is 2.34. The van der Waals surface area contributed by atoms with Crippen molar-refractivity contribution in [3.8, 4) is 5.75 Å². The van der Waals surface area contributed by atoms with E-state index in [2.05, 4.69) is 20.6 Å². The van der Waals surface area contributed by atoms with Gasteiger partial charge in [0.15, 0.2) is 5.78 Å². The van der Waals surface area contributed by atoms with Crippen LogP contribution in [0.2, 0.25) is 5.02 Å². The summed E-state index contributed by atoms with van der Waals surface area (Å²) in [6.45, 7) is 0. The Labute approximate surface area is 195 Å². The average Bonchev–Trinajstić information content (AvgIpc) is 3.20. The Morgan fingerprint density at radius 3 is 2.56 bits per heavy atom. The van der Waals surface area contributed by atoms with Gasteiger partial charge in [-0.2, -0.15) is 13.2 Å². The van der Waals surface area contributed by atoms with Crippen LogP contribution < -0.4 is 15.4 Å². The molecule has 0 atom stereocenters. The number of nitrogens with one attached hydrogen (secondary N) is 3. The Morgan fingerprint density at radius 1 is 1.06 bits per heavy atom. The van der Waals surface area contributed by atoms with Crippen LogP contribution in [0.15, 0.2) is 60.9 Å². The molecule has 2 aromatic heterocycles.